The SMILES string of the molecule is CCOc1cc(/C=C(\C#N)c2ccc(OC)cc2)cc(Cl)c1OCc1cccc2ccccc12. The van der Waals surface area contributed by atoms with Gasteiger partial charge in [0.05, 0.1) is 30.4 Å². The quantitative estimate of drug-likeness (QED) is 0.197. The van der Waals surface area contributed by atoms with E-state index in [1.807, 2.05) is 61.5 Å². The minimum absolute atomic E-state index is 0.353. The van der Waals surface area contributed by atoms with Crippen molar-refractivity contribution in [3.63, 3.8) is 0 Å². The summed E-state index contributed by atoms with van der Waals surface area (Å²) in [6.07, 6.45) is 1.78. The number of halogens is 1. The van der Waals surface area contributed by atoms with Crippen molar-refractivity contribution >= 4 is 34.0 Å². The molecule has 34 heavy (non-hydrogen) atoms. The van der Waals surface area contributed by atoms with Gasteiger partial charge in [-0.15, -0.1) is 0 Å². The molecule has 0 aliphatic heterocycles. The first-order chi connectivity index (χ1) is 16.6. The van der Waals surface area contributed by atoms with Crippen LogP contribution in [0.25, 0.3) is 22.4 Å². The van der Waals surface area contributed by atoms with E-state index in [0.29, 0.717) is 35.3 Å². The molecule has 0 aliphatic carbocycles. The second-order valence-corrected chi connectivity index (χ2v) is 8.00. The molecule has 0 N–H and O–H groups in total. The molecule has 4 rings (SSSR count). The molecule has 0 amide bonds. The third kappa shape index (κ3) is 5.17. The molecule has 0 fully saturated rings. The van der Waals surface area contributed by atoms with E-state index in [0.717, 1.165) is 33.2 Å². The molecule has 0 unspecified atom stereocenters. The van der Waals surface area contributed by atoms with Crippen molar-refractivity contribution in [3.05, 3.63) is 101 Å². The zero-order valence-corrected chi connectivity index (χ0v) is 19.8. The van der Waals surface area contributed by atoms with Gasteiger partial charge in [-0.05, 0) is 76.9 Å². The molecule has 4 aromatic carbocycles. The predicted octanol–water partition coefficient (Wildman–Crippen LogP) is 7.54. The van der Waals surface area contributed by atoms with Gasteiger partial charge < -0.3 is 14.2 Å². The highest BCUT2D eigenvalue weighted by atomic mass is 35.5. The number of benzene rings is 4. The molecule has 4 aromatic rings. The van der Waals surface area contributed by atoms with Crippen molar-refractivity contribution in [1.29, 1.82) is 5.26 Å². The number of hydrogen-bond acceptors (Lipinski definition) is 4. The highest BCUT2D eigenvalue weighted by Crippen LogP contribution is 2.38. The van der Waals surface area contributed by atoms with E-state index in [9.17, 15) is 5.26 Å². The van der Waals surface area contributed by atoms with E-state index in [1.54, 1.807) is 19.3 Å². The average molecular weight is 470 g/mol. The molecule has 0 heterocycles. The zero-order chi connectivity index (χ0) is 23.9. The Labute approximate surface area is 204 Å². The number of allylic oxidation sites excluding steroid dienone is 1. The van der Waals surface area contributed by atoms with Crippen molar-refractivity contribution in [2.45, 2.75) is 13.5 Å². The van der Waals surface area contributed by atoms with Gasteiger partial charge >= 0.3 is 0 Å². The Balaban J connectivity index is 1.64. The van der Waals surface area contributed by atoms with Crippen molar-refractivity contribution < 1.29 is 14.2 Å². The number of ether oxygens (including phenoxy) is 3. The van der Waals surface area contributed by atoms with Crippen molar-refractivity contribution in [2.24, 2.45) is 0 Å². The van der Waals surface area contributed by atoms with Crippen molar-refractivity contribution in [3.8, 4) is 23.3 Å². The standard InChI is InChI=1S/C29H24ClNO3/c1-3-33-28-17-20(15-24(18-31)21-11-13-25(32-2)14-12-21)16-27(30)29(28)34-19-23-9-6-8-22-7-4-5-10-26(22)23/h4-17H,3,19H2,1-2H3/b24-15+. The summed E-state index contributed by atoms with van der Waals surface area (Å²) in [5.41, 5.74) is 3.10. The van der Waals surface area contributed by atoms with Crippen LogP contribution in [0.1, 0.15) is 23.6 Å². The normalized spacial score (nSPS) is 11.2. The molecule has 0 radical (unpaired) electrons. The summed E-state index contributed by atoms with van der Waals surface area (Å²) in [4.78, 5) is 0. The van der Waals surface area contributed by atoms with Crippen LogP contribution in [0, 0.1) is 11.3 Å². The summed E-state index contributed by atoms with van der Waals surface area (Å²) in [6.45, 7) is 2.71. The molecule has 0 saturated carbocycles. The molecule has 0 saturated heterocycles. The maximum absolute atomic E-state index is 9.72. The first-order valence-electron chi connectivity index (χ1n) is 10.9. The molecule has 0 aliphatic rings. The van der Waals surface area contributed by atoms with Crippen LogP contribution in [0.3, 0.4) is 0 Å². The Morgan fingerprint density at radius 1 is 0.971 bits per heavy atom. The number of fused-ring (bicyclic) bond motifs is 1. The number of methoxy groups -OCH3 is 1. The first kappa shape index (κ1) is 23.2. The molecule has 4 nitrogen and oxygen atoms in total. The van der Waals surface area contributed by atoms with Crippen molar-refractivity contribution in [2.75, 3.05) is 13.7 Å². The molecule has 0 aromatic heterocycles. The lowest BCUT2D eigenvalue weighted by Crippen LogP contribution is -2.01. The van der Waals surface area contributed by atoms with Gasteiger partial charge in [-0.25, -0.2) is 0 Å². The zero-order valence-electron chi connectivity index (χ0n) is 19.0. The Hall–Kier alpha value is -3.94. The predicted molar refractivity (Wildman–Crippen MR) is 137 cm³/mol. The molecular weight excluding hydrogens is 446 g/mol. The topological polar surface area (TPSA) is 51.5 Å². The summed E-state index contributed by atoms with van der Waals surface area (Å²) in [5, 5.41) is 12.4. The van der Waals surface area contributed by atoms with Crippen LogP contribution in [0.5, 0.6) is 17.2 Å². The van der Waals surface area contributed by atoms with E-state index in [4.69, 9.17) is 25.8 Å². The van der Waals surface area contributed by atoms with E-state index in [2.05, 4.69) is 24.3 Å². The third-order valence-corrected chi connectivity index (χ3v) is 5.70. The van der Waals surface area contributed by atoms with Crippen LogP contribution in [-0.2, 0) is 6.61 Å². The first-order valence-corrected chi connectivity index (χ1v) is 11.3. The van der Waals surface area contributed by atoms with Crippen molar-refractivity contribution in [1.82, 2.24) is 0 Å². The highest BCUT2D eigenvalue weighted by Gasteiger charge is 2.14. The monoisotopic (exact) mass is 469 g/mol. The Morgan fingerprint density at radius 3 is 2.47 bits per heavy atom. The van der Waals surface area contributed by atoms with Gasteiger partial charge in [0.15, 0.2) is 11.5 Å². The lowest BCUT2D eigenvalue weighted by atomic mass is 10.0. The number of rotatable bonds is 8. The second kappa shape index (κ2) is 10.8. The third-order valence-electron chi connectivity index (χ3n) is 5.42. The van der Waals surface area contributed by atoms with E-state index >= 15 is 0 Å². The molecular formula is C29H24ClNO3. The summed E-state index contributed by atoms with van der Waals surface area (Å²) in [7, 11) is 1.61. The fourth-order valence-electron chi connectivity index (χ4n) is 3.76. The average Bonchev–Trinajstić information content (AvgIpc) is 2.87. The van der Waals surface area contributed by atoms with Gasteiger partial charge in [0, 0.05) is 0 Å². The maximum Gasteiger partial charge on any atom is 0.180 e. The summed E-state index contributed by atoms with van der Waals surface area (Å²) in [6, 6.07) is 27.6. The number of nitriles is 1. The largest absolute Gasteiger partial charge is 0.497 e. The van der Waals surface area contributed by atoms with Crippen LogP contribution < -0.4 is 14.2 Å². The van der Waals surface area contributed by atoms with Crippen LogP contribution in [0.15, 0.2) is 78.9 Å². The smallest absolute Gasteiger partial charge is 0.180 e. The minimum atomic E-state index is 0.353. The summed E-state index contributed by atoms with van der Waals surface area (Å²) < 4.78 is 17.2. The Morgan fingerprint density at radius 2 is 1.74 bits per heavy atom. The minimum Gasteiger partial charge on any atom is -0.497 e. The van der Waals surface area contributed by atoms with E-state index < -0.39 is 0 Å². The van der Waals surface area contributed by atoms with Gasteiger partial charge in [-0.1, -0.05) is 54.1 Å². The molecule has 0 bridgehead atoms. The molecule has 0 spiro atoms. The van der Waals surface area contributed by atoms with Crippen LogP contribution in [0.4, 0.5) is 0 Å². The number of hydrogen-bond donors (Lipinski definition) is 0. The van der Waals surface area contributed by atoms with Gasteiger partial charge in [-0.2, -0.15) is 5.26 Å². The number of nitrogens with zero attached hydrogens (tertiary/aromatic N) is 1. The Bertz CT molecular complexity index is 1370. The maximum atomic E-state index is 9.72. The fraction of sp³-hybridized carbons (Fsp3) is 0.138. The summed E-state index contributed by atoms with van der Waals surface area (Å²) >= 11 is 6.63. The highest BCUT2D eigenvalue weighted by molar-refractivity contribution is 6.32. The van der Waals surface area contributed by atoms with Gasteiger partial charge in [-0.3, -0.25) is 0 Å². The Kier molecular flexibility index (Phi) is 7.37. The van der Waals surface area contributed by atoms with Crippen LogP contribution >= 0.6 is 11.6 Å². The lowest BCUT2D eigenvalue weighted by molar-refractivity contribution is 0.270. The van der Waals surface area contributed by atoms with Crippen LogP contribution in [-0.4, -0.2) is 13.7 Å². The summed E-state index contributed by atoms with van der Waals surface area (Å²) in [5.74, 6) is 1.75. The fourth-order valence-corrected chi connectivity index (χ4v) is 4.03. The molecule has 5 heteroatoms. The van der Waals surface area contributed by atoms with Gasteiger partial charge in [0.1, 0.15) is 12.4 Å². The molecule has 0 atom stereocenters. The lowest BCUT2D eigenvalue weighted by Gasteiger charge is -2.15. The molecule has 170 valence electrons. The van der Waals surface area contributed by atoms with Gasteiger partial charge in [0.2, 0.25) is 0 Å². The van der Waals surface area contributed by atoms with E-state index in [1.165, 1.54) is 0 Å². The van der Waals surface area contributed by atoms with Gasteiger partial charge in [0.25, 0.3) is 0 Å². The second-order valence-electron chi connectivity index (χ2n) is 7.59. The van der Waals surface area contributed by atoms with E-state index in [-0.39, 0.29) is 0 Å². The van der Waals surface area contributed by atoms with Crippen LogP contribution in [0.2, 0.25) is 5.02 Å².